The normalized spacial score (nSPS) is 11.0. The summed E-state index contributed by atoms with van der Waals surface area (Å²) in [5.41, 5.74) is 3.14. The Kier molecular flexibility index (Phi) is 4.57. The fourth-order valence-corrected chi connectivity index (χ4v) is 3.11. The Bertz CT molecular complexity index is 1110. The number of carbonyl (C=O) groups excluding carboxylic acids is 2. The van der Waals surface area contributed by atoms with Crippen LogP contribution in [0.25, 0.3) is 21.8 Å². The predicted octanol–water partition coefficient (Wildman–Crippen LogP) is 2.13. The smallest absolute Gasteiger partial charge is 0.272 e. The summed E-state index contributed by atoms with van der Waals surface area (Å²) in [6.07, 6.45) is 2.15. The third-order valence-corrected chi connectivity index (χ3v) is 4.44. The number of benzene rings is 2. The molecule has 0 saturated heterocycles. The summed E-state index contributed by atoms with van der Waals surface area (Å²) in [5.74, 6) is -0.349. The van der Waals surface area contributed by atoms with E-state index in [1.54, 1.807) is 0 Å². The lowest BCUT2D eigenvalue weighted by molar-refractivity contribution is -0.120. The van der Waals surface area contributed by atoms with Crippen LogP contribution >= 0.6 is 0 Å². The molecule has 27 heavy (non-hydrogen) atoms. The number of hydrogen-bond acceptors (Lipinski definition) is 3. The van der Waals surface area contributed by atoms with Crippen LogP contribution in [0.1, 0.15) is 16.1 Å². The SMILES string of the molecule is O=C(Cc1c[nH]c2ccccc12)NCCNC(=O)c1n[nH]c2ccccc12. The molecule has 0 aliphatic rings. The number of nitrogens with one attached hydrogen (secondary N) is 4. The maximum Gasteiger partial charge on any atom is 0.272 e. The van der Waals surface area contributed by atoms with E-state index in [1.807, 2.05) is 54.7 Å². The van der Waals surface area contributed by atoms with Gasteiger partial charge in [-0.25, -0.2) is 0 Å². The van der Waals surface area contributed by atoms with Crippen molar-refractivity contribution in [3.05, 3.63) is 66.0 Å². The molecule has 136 valence electrons. The van der Waals surface area contributed by atoms with Crippen LogP contribution in [0.2, 0.25) is 0 Å². The number of H-pyrrole nitrogens is 2. The van der Waals surface area contributed by atoms with Crippen LogP contribution in [0.4, 0.5) is 0 Å². The van der Waals surface area contributed by atoms with E-state index >= 15 is 0 Å². The number of para-hydroxylation sites is 2. The van der Waals surface area contributed by atoms with Gasteiger partial charge >= 0.3 is 0 Å². The van der Waals surface area contributed by atoms with Gasteiger partial charge in [0.05, 0.1) is 11.9 Å². The molecule has 4 aromatic rings. The van der Waals surface area contributed by atoms with Crippen LogP contribution in [0.15, 0.2) is 54.7 Å². The Hall–Kier alpha value is -3.61. The molecular weight excluding hydrogens is 342 g/mol. The molecule has 2 aromatic carbocycles. The van der Waals surface area contributed by atoms with Gasteiger partial charge in [0.25, 0.3) is 5.91 Å². The fraction of sp³-hybridized carbons (Fsp3) is 0.150. The first kappa shape index (κ1) is 16.8. The van der Waals surface area contributed by atoms with Gasteiger partial charge < -0.3 is 15.6 Å². The maximum atomic E-state index is 12.3. The molecule has 2 aromatic heterocycles. The maximum absolute atomic E-state index is 12.3. The number of aromatic nitrogens is 3. The summed E-state index contributed by atoms with van der Waals surface area (Å²) in [6, 6.07) is 15.3. The number of aromatic amines is 2. The van der Waals surface area contributed by atoms with Gasteiger partial charge in [0.1, 0.15) is 0 Å². The van der Waals surface area contributed by atoms with Crippen molar-refractivity contribution in [2.24, 2.45) is 0 Å². The molecule has 0 unspecified atom stereocenters. The van der Waals surface area contributed by atoms with E-state index < -0.39 is 0 Å². The zero-order chi connectivity index (χ0) is 18.6. The Morgan fingerprint density at radius 2 is 1.59 bits per heavy atom. The topological polar surface area (TPSA) is 103 Å². The highest BCUT2D eigenvalue weighted by Crippen LogP contribution is 2.18. The Balaban J connectivity index is 1.27. The van der Waals surface area contributed by atoms with Gasteiger partial charge in [-0.2, -0.15) is 5.10 Å². The Labute approximate surface area is 155 Å². The molecule has 0 fully saturated rings. The first-order valence-corrected chi connectivity index (χ1v) is 8.75. The summed E-state index contributed by atoms with van der Waals surface area (Å²) in [6.45, 7) is 0.689. The third-order valence-electron chi connectivity index (χ3n) is 4.44. The lowest BCUT2D eigenvalue weighted by Crippen LogP contribution is -2.35. The zero-order valence-corrected chi connectivity index (χ0v) is 14.6. The molecule has 0 saturated carbocycles. The van der Waals surface area contributed by atoms with Crippen molar-refractivity contribution in [2.75, 3.05) is 13.1 Å². The van der Waals surface area contributed by atoms with E-state index in [2.05, 4.69) is 25.8 Å². The molecule has 0 aliphatic heterocycles. The van der Waals surface area contributed by atoms with E-state index in [0.29, 0.717) is 25.2 Å². The number of carbonyl (C=O) groups is 2. The second kappa shape index (κ2) is 7.33. The lowest BCUT2D eigenvalue weighted by Gasteiger charge is -2.06. The molecule has 0 atom stereocenters. The lowest BCUT2D eigenvalue weighted by atomic mass is 10.1. The second-order valence-corrected chi connectivity index (χ2v) is 6.26. The zero-order valence-electron chi connectivity index (χ0n) is 14.6. The minimum absolute atomic E-state index is 0.0841. The first-order chi connectivity index (χ1) is 13.2. The third kappa shape index (κ3) is 3.52. The van der Waals surface area contributed by atoms with Gasteiger partial charge in [-0.15, -0.1) is 0 Å². The number of amides is 2. The molecule has 4 rings (SSSR count). The van der Waals surface area contributed by atoms with Crippen molar-refractivity contribution < 1.29 is 9.59 Å². The van der Waals surface area contributed by atoms with Crippen molar-refractivity contribution in [1.29, 1.82) is 0 Å². The molecule has 7 heteroatoms. The highest BCUT2D eigenvalue weighted by molar-refractivity contribution is 6.04. The summed E-state index contributed by atoms with van der Waals surface area (Å²) >= 11 is 0. The summed E-state index contributed by atoms with van der Waals surface area (Å²) in [4.78, 5) is 27.6. The van der Waals surface area contributed by atoms with Gasteiger partial charge in [0.2, 0.25) is 5.91 Å². The minimum Gasteiger partial charge on any atom is -0.361 e. The summed E-state index contributed by atoms with van der Waals surface area (Å²) < 4.78 is 0. The van der Waals surface area contributed by atoms with Gasteiger partial charge in [-0.3, -0.25) is 14.7 Å². The molecule has 0 aliphatic carbocycles. The molecule has 0 spiro atoms. The largest absolute Gasteiger partial charge is 0.361 e. The molecule has 2 heterocycles. The number of fused-ring (bicyclic) bond motifs is 2. The van der Waals surface area contributed by atoms with Gasteiger partial charge in [-0.05, 0) is 17.7 Å². The van der Waals surface area contributed by atoms with Crippen molar-refractivity contribution in [1.82, 2.24) is 25.8 Å². The van der Waals surface area contributed by atoms with E-state index in [9.17, 15) is 9.59 Å². The summed E-state index contributed by atoms with van der Waals surface area (Å²) in [5, 5.41) is 14.3. The van der Waals surface area contributed by atoms with E-state index in [4.69, 9.17) is 0 Å². The van der Waals surface area contributed by atoms with Gasteiger partial charge in [-0.1, -0.05) is 36.4 Å². The highest BCUT2D eigenvalue weighted by atomic mass is 16.2. The summed E-state index contributed by atoms with van der Waals surface area (Å²) in [7, 11) is 0. The highest BCUT2D eigenvalue weighted by Gasteiger charge is 2.13. The van der Waals surface area contributed by atoms with Gasteiger partial charge in [0.15, 0.2) is 5.69 Å². The average molecular weight is 361 g/mol. The predicted molar refractivity (Wildman–Crippen MR) is 103 cm³/mol. The molecule has 2 amide bonds. The van der Waals surface area contributed by atoms with E-state index in [-0.39, 0.29) is 11.8 Å². The number of rotatable bonds is 6. The van der Waals surface area contributed by atoms with Crippen molar-refractivity contribution in [3.63, 3.8) is 0 Å². The molecule has 0 radical (unpaired) electrons. The Morgan fingerprint density at radius 1 is 0.889 bits per heavy atom. The van der Waals surface area contributed by atoms with Crippen LogP contribution < -0.4 is 10.6 Å². The second-order valence-electron chi connectivity index (χ2n) is 6.26. The van der Waals surface area contributed by atoms with Gasteiger partial charge in [0, 0.05) is 35.6 Å². The van der Waals surface area contributed by atoms with Crippen molar-refractivity contribution in [3.8, 4) is 0 Å². The van der Waals surface area contributed by atoms with Crippen LogP contribution in [-0.2, 0) is 11.2 Å². The van der Waals surface area contributed by atoms with Crippen LogP contribution in [0.3, 0.4) is 0 Å². The minimum atomic E-state index is -0.265. The van der Waals surface area contributed by atoms with E-state index in [1.165, 1.54) is 0 Å². The van der Waals surface area contributed by atoms with Crippen LogP contribution in [-0.4, -0.2) is 40.1 Å². The van der Waals surface area contributed by atoms with Crippen LogP contribution in [0, 0.1) is 0 Å². The van der Waals surface area contributed by atoms with Crippen molar-refractivity contribution in [2.45, 2.75) is 6.42 Å². The Morgan fingerprint density at radius 3 is 2.44 bits per heavy atom. The van der Waals surface area contributed by atoms with Crippen LogP contribution in [0.5, 0.6) is 0 Å². The fourth-order valence-electron chi connectivity index (χ4n) is 3.11. The van der Waals surface area contributed by atoms with Crippen molar-refractivity contribution >= 4 is 33.6 Å². The molecule has 0 bridgehead atoms. The standard InChI is InChI=1S/C20H19N5O2/c26-18(11-13-12-23-16-7-3-1-5-14(13)16)21-9-10-22-20(27)19-15-6-2-4-8-17(15)24-25-19/h1-8,12,23H,9-11H2,(H,21,26)(H,22,27)(H,24,25). The molecule has 4 N–H and O–H groups in total. The number of nitrogens with zero attached hydrogens (tertiary/aromatic N) is 1. The van der Waals surface area contributed by atoms with E-state index in [0.717, 1.165) is 27.4 Å². The quantitative estimate of drug-likeness (QED) is 0.396. The number of hydrogen-bond donors (Lipinski definition) is 4. The average Bonchev–Trinajstić information content (AvgIpc) is 3.30. The molecule has 7 nitrogen and oxygen atoms in total. The monoisotopic (exact) mass is 361 g/mol. The molecular formula is C20H19N5O2. The first-order valence-electron chi connectivity index (χ1n) is 8.75.